The number of rotatable bonds is 4. The lowest BCUT2D eigenvalue weighted by molar-refractivity contribution is -0.122. The van der Waals surface area contributed by atoms with Gasteiger partial charge in [-0.25, -0.2) is 0 Å². The summed E-state index contributed by atoms with van der Waals surface area (Å²) >= 11 is 3.47. The molecule has 2 aliphatic carbocycles. The van der Waals surface area contributed by atoms with Gasteiger partial charge in [-0.05, 0) is 48.8 Å². The highest BCUT2D eigenvalue weighted by Crippen LogP contribution is 2.48. The number of halogens is 1. The van der Waals surface area contributed by atoms with E-state index < -0.39 is 0 Å². The molecule has 1 amide bonds. The number of benzene rings is 1. The van der Waals surface area contributed by atoms with Crippen LogP contribution >= 0.6 is 15.9 Å². The molecule has 0 radical (unpaired) electrons. The van der Waals surface area contributed by atoms with Crippen LogP contribution < -0.4 is 5.32 Å². The molecule has 17 heavy (non-hydrogen) atoms. The van der Waals surface area contributed by atoms with Crippen molar-refractivity contribution >= 4 is 21.8 Å². The van der Waals surface area contributed by atoms with Crippen LogP contribution in [0.2, 0.25) is 0 Å². The molecule has 0 spiro atoms. The molecule has 90 valence electrons. The van der Waals surface area contributed by atoms with Gasteiger partial charge in [-0.1, -0.05) is 28.1 Å². The van der Waals surface area contributed by atoms with E-state index in [1.165, 1.54) is 18.4 Å². The van der Waals surface area contributed by atoms with Gasteiger partial charge >= 0.3 is 0 Å². The summed E-state index contributed by atoms with van der Waals surface area (Å²) in [7, 11) is 0. The molecular formula is C14H16BrNO. The zero-order valence-electron chi connectivity index (χ0n) is 9.66. The van der Waals surface area contributed by atoms with Gasteiger partial charge in [0.05, 0.1) is 0 Å². The van der Waals surface area contributed by atoms with E-state index in [-0.39, 0.29) is 11.8 Å². The Balaban J connectivity index is 1.56. The molecule has 2 aliphatic rings. The van der Waals surface area contributed by atoms with Crippen molar-refractivity contribution in [1.29, 1.82) is 0 Å². The zero-order valence-corrected chi connectivity index (χ0v) is 11.2. The topological polar surface area (TPSA) is 29.1 Å². The normalized spacial score (nSPS) is 26.6. The second-order valence-corrected chi connectivity index (χ2v) is 6.11. The fourth-order valence-corrected chi connectivity index (χ4v) is 2.71. The highest BCUT2D eigenvalue weighted by Gasteiger charge is 2.44. The molecule has 0 saturated heterocycles. The fourth-order valence-electron chi connectivity index (χ4n) is 2.29. The lowest BCUT2D eigenvalue weighted by Gasteiger charge is -2.04. The third kappa shape index (κ3) is 2.71. The van der Waals surface area contributed by atoms with Gasteiger partial charge in [0.25, 0.3) is 0 Å². The Kier molecular flexibility index (Phi) is 2.95. The summed E-state index contributed by atoms with van der Waals surface area (Å²) in [6.45, 7) is 0.889. The summed E-state index contributed by atoms with van der Waals surface area (Å²) in [5.41, 5.74) is 1.28. The van der Waals surface area contributed by atoms with Crippen molar-refractivity contribution in [2.24, 2.45) is 11.8 Å². The molecule has 3 rings (SSSR count). The van der Waals surface area contributed by atoms with E-state index >= 15 is 0 Å². The van der Waals surface area contributed by atoms with Crippen LogP contribution in [-0.4, -0.2) is 12.5 Å². The maximum Gasteiger partial charge on any atom is 0.223 e. The molecule has 1 N–H and O–H groups in total. The molecule has 2 fully saturated rings. The van der Waals surface area contributed by atoms with Gasteiger partial charge in [0.15, 0.2) is 0 Å². The Hall–Kier alpha value is -0.830. The van der Waals surface area contributed by atoms with Crippen molar-refractivity contribution in [1.82, 2.24) is 5.32 Å². The molecule has 0 aliphatic heterocycles. The first kappa shape index (κ1) is 11.3. The summed E-state index contributed by atoms with van der Waals surface area (Å²) in [6.07, 6.45) is 3.59. The minimum atomic E-state index is 0.211. The highest BCUT2D eigenvalue weighted by molar-refractivity contribution is 9.10. The smallest absolute Gasteiger partial charge is 0.223 e. The standard InChI is InChI=1S/C14H16BrNO/c15-11-3-1-2-10(6-11)12-7-13(12)14(17)16-8-9-4-5-9/h1-3,6,9,12-13H,4-5,7-8H2,(H,16,17)/t12-,13+/m0/s1. The molecule has 0 bridgehead atoms. The molecule has 1 aromatic carbocycles. The van der Waals surface area contributed by atoms with Crippen molar-refractivity contribution in [3.05, 3.63) is 34.3 Å². The quantitative estimate of drug-likeness (QED) is 0.908. The maximum absolute atomic E-state index is 11.9. The first-order valence-corrected chi connectivity index (χ1v) is 7.06. The van der Waals surface area contributed by atoms with Gasteiger partial charge in [0.1, 0.15) is 0 Å². The molecule has 2 nitrogen and oxygen atoms in total. The number of carbonyl (C=O) groups excluding carboxylic acids is 1. The minimum Gasteiger partial charge on any atom is -0.356 e. The number of hydrogen-bond donors (Lipinski definition) is 1. The van der Waals surface area contributed by atoms with Crippen molar-refractivity contribution in [3.63, 3.8) is 0 Å². The van der Waals surface area contributed by atoms with Crippen LogP contribution in [0, 0.1) is 11.8 Å². The Morgan fingerprint density at radius 2 is 2.24 bits per heavy atom. The van der Waals surface area contributed by atoms with E-state index in [9.17, 15) is 4.79 Å². The van der Waals surface area contributed by atoms with Crippen molar-refractivity contribution in [2.45, 2.75) is 25.2 Å². The summed E-state index contributed by atoms with van der Waals surface area (Å²) < 4.78 is 1.10. The molecule has 0 unspecified atom stereocenters. The van der Waals surface area contributed by atoms with Crippen LogP contribution in [0.15, 0.2) is 28.7 Å². The van der Waals surface area contributed by atoms with Crippen LogP contribution in [0.1, 0.15) is 30.7 Å². The van der Waals surface area contributed by atoms with Gasteiger partial charge in [-0.15, -0.1) is 0 Å². The predicted molar refractivity (Wildman–Crippen MR) is 70.7 cm³/mol. The zero-order chi connectivity index (χ0) is 11.8. The van der Waals surface area contributed by atoms with Crippen LogP contribution in [0.4, 0.5) is 0 Å². The third-order valence-corrected chi connectivity index (χ3v) is 4.16. The second kappa shape index (κ2) is 4.45. The van der Waals surface area contributed by atoms with E-state index in [0.29, 0.717) is 5.92 Å². The SMILES string of the molecule is O=C(NCC1CC1)[C@@H]1C[C@H]1c1cccc(Br)c1. The monoisotopic (exact) mass is 293 g/mol. The molecule has 1 aromatic rings. The first-order chi connectivity index (χ1) is 8.24. The summed E-state index contributed by atoms with van der Waals surface area (Å²) in [6, 6.07) is 8.30. The number of amides is 1. The maximum atomic E-state index is 11.9. The van der Waals surface area contributed by atoms with Crippen molar-refractivity contribution in [2.75, 3.05) is 6.54 Å². The number of carbonyl (C=O) groups is 1. The lowest BCUT2D eigenvalue weighted by atomic mass is 10.1. The van der Waals surface area contributed by atoms with Crippen molar-refractivity contribution in [3.8, 4) is 0 Å². The van der Waals surface area contributed by atoms with E-state index in [2.05, 4.69) is 33.4 Å². The Morgan fingerprint density at radius 1 is 1.41 bits per heavy atom. The molecule has 0 aromatic heterocycles. The molecule has 3 heteroatoms. The van der Waals surface area contributed by atoms with Gasteiger partial charge < -0.3 is 5.32 Å². The third-order valence-electron chi connectivity index (χ3n) is 3.67. The lowest BCUT2D eigenvalue weighted by Crippen LogP contribution is -2.27. The van der Waals surface area contributed by atoms with E-state index in [1.54, 1.807) is 0 Å². The molecule has 0 heterocycles. The minimum absolute atomic E-state index is 0.211. The second-order valence-electron chi connectivity index (χ2n) is 5.19. The van der Waals surface area contributed by atoms with E-state index in [4.69, 9.17) is 0 Å². The Bertz CT molecular complexity index is 442. The van der Waals surface area contributed by atoms with Crippen LogP contribution in [0.25, 0.3) is 0 Å². The summed E-state index contributed by atoms with van der Waals surface area (Å²) in [5, 5.41) is 3.07. The van der Waals surface area contributed by atoms with Crippen LogP contribution in [-0.2, 0) is 4.79 Å². The average Bonchev–Trinajstić information content (AvgIpc) is 3.18. The Morgan fingerprint density at radius 3 is 2.94 bits per heavy atom. The number of hydrogen-bond acceptors (Lipinski definition) is 1. The number of nitrogens with one attached hydrogen (secondary N) is 1. The van der Waals surface area contributed by atoms with Crippen molar-refractivity contribution < 1.29 is 4.79 Å². The van der Waals surface area contributed by atoms with Gasteiger partial charge in [0, 0.05) is 16.9 Å². The summed E-state index contributed by atoms with van der Waals surface area (Å²) in [4.78, 5) is 11.9. The highest BCUT2D eigenvalue weighted by atomic mass is 79.9. The predicted octanol–water partition coefficient (Wildman–Crippen LogP) is 3.08. The summed E-state index contributed by atoms with van der Waals surface area (Å²) in [5.74, 6) is 1.67. The van der Waals surface area contributed by atoms with Gasteiger partial charge in [-0.2, -0.15) is 0 Å². The molecule has 2 saturated carbocycles. The van der Waals surface area contributed by atoms with E-state index in [1.807, 2.05) is 12.1 Å². The first-order valence-electron chi connectivity index (χ1n) is 6.27. The Labute approximate surface area is 110 Å². The van der Waals surface area contributed by atoms with Gasteiger partial charge in [-0.3, -0.25) is 4.79 Å². The average molecular weight is 294 g/mol. The molecular weight excluding hydrogens is 278 g/mol. The fraction of sp³-hybridized carbons (Fsp3) is 0.500. The van der Waals surface area contributed by atoms with Gasteiger partial charge in [0.2, 0.25) is 5.91 Å². The van der Waals surface area contributed by atoms with Crippen LogP contribution in [0.5, 0.6) is 0 Å². The largest absolute Gasteiger partial charge is 0.356 e. The molecule has 2 atom stereocenters. The van der Waals surface area contributed by atoms with E-state index in [0.717, 1.165) is 23.4 Å². The van der Waals surface area contributed by atoms with Crippen LogP contribution in [0.3, 0.4) is 0 Å².